The molecule has 0 saturated heterocycles. The maximum atomic E-state index is 12.8. The number of benzene rings is 2. The predicted molar refractivity (Wildman–Crippen MR) is 87.6 cm³/mol. The summed E-state index contributed by atoms with van der Waals surface area (Å²) in [4.78, 5) is 0. The van der Waals surface area contributed by atoms with Gasteiger partial charge in [-0.05, 0) is 41.0 Å². The van der Waals surface area contributed by atoms with Crippen molar-refractivity contribution >= 4 is 10.0 Å². The fourth-order valence-corrected chi connectivity index (χ4v) is 3.73. The van der Waals surface area contributed by atoms with Crippen molar-refractivity contribution in [3.05, 3.63) is 65.0 Å². The van der Waals surface area contributed by atoms with Crippen molar-refractivity contribution in [2.75, 3.05) is 13.2 Å². The van der Waals surface area contributed by atoms with Crippen LogP contribution in [0.4, 0.5) is 4.39 Å². The molecule has 5 nitrogen and oxygen atoms in total. The number of aliphatic hydroxyl groups excluding tert-OH is 1. The normalized spacial score (nSPS) is 14.9. The number of ether oxygens (including phenoxy) is 1. The average molecular weight is 351 g/mol. The Kier molecular flexibility index (Phi) is 4.84. The molecule has 2 aromatic rings. The van der Waals surface area contributed by atoms with E-state index in [-0.39, 0.29) is 12.3 Å². The Morgan fingerprint density at radius 1 is 1.21 bits per heavy atom. The summed E-state index contributed by atoms with van der Waals surface area (Å²) in [5, 5.41) is 10.2. The highest BCUT2D eigenvalue weighted by molar-refractivity contribution is 7.88. The number of hydrogen-bond donors (Lipinski definition) is 2. The smallest absolute Gasteiger partial charge is 0.215 e. The van der Waals surface area contributed by atoms with Gasteiger partial charge in [0.05, 0.1) is 18.5 Å². The predicted octanol–water partition coefficient (Wildman–Crippen LogP) is 1.91. The zero-order valence-electron chi connectivity index (χ0n) is 12.9. The summed E-state index contributed by atoms with van der Waals surface area (Å²) < 4.78 is 44.8. The molecule has 0 amide bonds. The van der Waals surface area contributed by atoms with Crippen LogP contribution >= 0.6 is 0 Å². The molecule has 128 valence electrons. The van der Waals surface area contributed by atoms with Gasteiger partial charge in [-0.25, -0.2) is 17.5 Å². The number of rotatable bonds is 6. The molecule has 1 unspecified atom stereocenters. The van der Waals surface area contributed by atoms with Crippen LogP contribution < -0.4 is 9.46 Å². The third-order valence-electron chi connectivity index (χ3n) is 3.86. The minimum Gasteiger partial charge on any atom is -0.493 e. The molecule has 1 aliphatic rings. The van der Waals surface area contributed by atoms with E-state index >= 15 is 0 Å². The van der Waals surface area contributed by atoms with E-state index in [1.54, 1.807) is 12.1 Å². The standard InChI is InChI=1S/C17H18FNO4S/c18-15-4-1-12(2-5-15)11-24(21,22)19-10-16(20)13-3-6-17-14(9-13)7-8-23-17/h1-6,9,16,19-20H,7-8,10-11H2. The van der Waals surface area contributed by atoms with Crippen LogP contribution in [-0.2, 0) is 22.2 Å². The lowest BCUT2D eigenvalue weighted by Crippen LogP contribution is -2.29. The summed E-state index contributed by atoms with van der Waals surface area (Å²) in [6, 6.07) is 10.6. The first-order valence-corrected chi connectivity index (χ1v) is 9.24. The van der Waals surface area contributed by atoms with Crippen LogP contribution in [0.15, 0.2) is 42.5 Å². The molecule has 3 rings (SSSR count). The van der Waals surface area contributed by atoms with Gasteiger partial charge in [-0.15, -0.1) is 0 Å². The van der Waals surface area contributed by atoms with Gasteiger partial charge in [0.15, 0.2) is 0 Å². The number of nitrogens with one attached hydrogen (secondary N) is 1. The van der Waals surface area contributed by atoms with Crippen LogP contribution in [0, 0.1) is 5.82 Å². The Labute approximate surface area is 140 Å². The van der Waals surface area contributed by atoms with Gasteiger partial charge in [0, 0.05) is 13.0 Å². The van der Waals surface area contributed by atoms with Gasteiger partial charge in [0.1, 0.15) is 11.6 Å². The zero-order chi connectivity index (χ0) is 17.2. The number of aliphatic hydroxyl groups is 1. The second kappa shape index (κ2) is 6.88. The molecule has 0 aliphatic carbocycles. The Hall–Kier alpha value is -1.96. The van der Waals surface area contributed by atoms with Crippen LogP contribution in [0.3, 0.4) is 0 Å². The van der Waals surface area contributed by atoms with Crippen LogP contribution in [0.25, 0.3) is 0 Å². The summed E-state index contributed by atoms with van der Waals surface area (Å²) in [5.74, 6) is 0.126. The molecule has 1 aliphatic heterocycles. The van der Waals surface area contributed by atoms with E-state index in [0.717, 1.165) is 17.7 Å². The first-order valence-electron chi connectivity index (χ1n) is 7.58. The van der Waals surface area contributed by atoms with Crippen molar-refractivity contribution in [1.29, 1.82) is 0 Å². The summed E-state index contributed by atoms with van der Waals surface area (Å²) in [6.45, 7) is 0.502. The lowest BCUT2D eigenvalue weighted by molar-refractivity contribution is 0.182. The van der Waals surface area contributed by atoms with Crippen molar-refractivity contribution < 1.29 is 22.7 Å². The molecule has 1 atom stereocenters. The Balaban J connectivity index is 1.60. The molecule has 0 spiro atoms. The molecule has 0 fully saturated rings. The Bertz CT molecular complexity index is 821. The molecule has 0 radical (unpaired) electrons. The van der Waals surface area contributed by atoms with Crippen molar-refractivity contribution in [2.45, 2.75) is 18.3 Å². The molecule has 0 aromatic heterocycles. The molecule has 0 saturated carbocycles. The van der Waals surface area contributed by atoms with Gasteiger partial charge in [0.25, 0.3) is 0 Å². The third kappa shape index (κ3) is 4.11. The minimum absolute atomic E-state index is 0.122. The highest BCUT2D eigenvalue weighted by atomic mass is 32.2. The first-order chi connectivity index (χ1) is 11.4. The Morgan fingerprint density at radius 3 is 2.71 bits per heavy atom. The summed E-state index contributed by atoms with van der Waals surface area (Å²) in [7, 11) is -3.62. The fourth-order valence-electron chi connectivity index (χ4n) is 2.59. The number of hydrogen-bond acceptors (Lipinski definition) is 4. The quantitative estimate of drug-likeness (QED) is 0.834. The Morgan fingerprint density at radius 2 is 1.96 bits per heavy atom. The second-order valence-corrected chi connectivity index (χ2v) is 7.52. The van der Waals surface area contributed by atoms with Gasteiger partial charge in [-0.3, -0.25) is 0 Å². The van der Waals surface area contributed by atoms with E-state index in [1.807, 2.05) is 6.07 Å². The molecule has 0 bridgehead atoms. The topological polar surface area (TPSA) is 75.6 Å². The van der Waals surface area contributed by atoms with Crippen LogP contribution in [-0.4, -0.2) is 26.7 Å². The van der Waals surface area contributed by atoms with E-state index < -0.39 is 21.9 Å². The SMILES string of the molecule is O=S(=O)(Cc1ccc(F)cc1)NCC(O)c1ccc2c(c1)CCO2. The van der Waals surface area contributed by atoms with Crippen LogP contribution in [0.1, 0.15) is 22.8 Å². The monoisotopic (exact) mass is 351 g/mol. The molecule has 7 heteroatoms. The summed E-state index contributed by atoms with van der Waals surface area (Å²) >= 11 is 0. The van der Waals surface area contributed by atoms with Gasteiger partial charge < -0.3 is 9.84 Å². The van der Waals surface area contributed by atoms with Gasteiger partial charge in [-0.1, -0.05) is 18.2 Å². The third-order valence-corrected chi connectivity index (χ3v) is 5.18. The lowest BCUT2D eigenvalue weighted by atomic mass is 10.0. The first kappa shape index (κ1) is 16.9. The van der Waals surface area contributed by atoms with Gasteiger partial charge in [-0.2, -0.15) is 0 Å². The number of halogens is 1. The van der Waals surface area contributed by atoms with E-state index in [1.165, 1.54) is 24.3 Å². The van der Waals surface area contributed by atoms with Crippen molar-refractivity contribution in [2.24, 2.45) is 0 Å². The van der Waals surface area contributed by atoms with E-state index in [4.69, 9.17) is 4.74 Å². The van der Waals surface area contributed by atoms with Crippen LogP contribution in [0.2, 0.25) is 0 Å². The van der Waals surface area contributed by atoms with Crippen molar-refractivity contribution in [3.63, 3.8) is 0 Å². The average Bonchev–Trinajstić information content (AvgIpc) is 3.02. The molecule has 2 N–H and O–H groups in total. The van der Waals surface area contributed by atoms with Crippen molar-refractivity contribution in [3.8, 4) is 5.75 Å². The minimum atomic E-state index is -3.62. The maximum Gasteiger partial charge on any atom is 0.215 e. The fraction of sp³-hybridized carbons (Fsp3) is 0.294. The van der Waals surface area contributed by atoms with E-state index in [9.17, 15) is 17.9 Å². The van der Waals surface area contributed by atoms with Gasteiger partial charge >= 0.3 is 0 Å². The van der Waals surface area contributed by atoms with Crippen molar-refractivity contribution in [1.82, 2.24) is 4.72 Å². The lowest BCUT2D eigenvalue weighted by Gasteiger charge is -2.13. The zero-order valence-corrected chi connectivity index (χ0v) is 13.7. The number of sulfonamides is 1. The van der Waals surface area contributed by atoms with E-state index in [2.05, 4.69) is 4.72 Å². The molecule has 24 heavy (non-hydrogen) atoms. The second-order valence-electron chi connectivity index (χ2n) is 5.72. The number of fused-ring (bicyclic) bond motifs is 1. The summed E-state index contributed by atoms with van der Waals surface area (Å²) in [6.07, 6.45) is -0.162. The maximum absolute atomic E-state index is 12.8. The van der Waals surface area contributed by atoms with Gasteiger partial charge in [0.2, 0.25) is 10.0 Å². The largest absolute Gasteiger partial charge is 0.493 e. The molecule has 1 heterocycles. The van der Waals surface area contributed by atoms with Crippen LogP contribution in [0.5, 0.6) is 5.75 Å². The highest BCUT2D eigenvalue weighted by Crippen LogP contribution is 2.28. The summed E-state index contributed by atoms with van der Waals surface area (Å²) in [5.41, 5.74) is 2.14. The molecule has 2 aromatic carbocycles. The molecular formula is C17H18FNO4S. The molecular weight excluding hydrogens is 333 g/mol. The highest BCUT2D eigenvalue weighted by Gasteiger charge is 2.18. The van der Waals surface area contributed by atoms with E-state index in [0.29, 0.717) is 17.7 Å².